The zero-order valence-electron chi connectivity index (χ0n) is 20.4. The molecule has 0 aromatic heterocycles. The van der Waals surface area contributed by atoms with Crippen molar-refractivity contribution >= 4 is 23.2 Å². The molecular weight excluding hydrogens is 486 g/mol. The van der Waals surface area contributed by atoms with Gasteiger partial charge in [0.15, 0.2) is 0 Å². The van der Waals surface area contributed by atoms with Crippen LogP contribution in [0.1, 0.15) is 51.5 Å². The summed E-state index contributed by atoms with van der Waals surface area (Å²) in [5, 5.41) is 2.61. The minimum absolute atomic E-state index is 0.00683. The maximum atomic E-state index is 14.7. The van der Waals surface area contributed by atoms with Gasteiger partial charge in [-0.15, -0.1) is 0 Å². The lowest BCUT2D eigenvalue weighted by Crippen LogP contribution is -2.46. The van der Waals surface area contributed by atoms with Crippen LogP contribution in [0.4, 0.5) is 28.9 Å². The Hall–Kier alpha value is -3.88. The minimum atomic E-state index is -4.57. The van der Waals surface area contributed by atoms with E-state index in [1.807, 2.05) is 0 Å². The number of carbonyl (C=O) groups is 2. The highest BCUT2D eigenvalue weighted by molar-refractivity contribution is 5.98. The zero-order chi connectivity index (χ0) is 26.9. The molecule has 194 valence electrons. The van der Waals surface area contributed by atoms with Crippen molar-refractivity contribution in [3.8, 4) is 0 Å². The van der Waals surface area contributed by atoms with E-state index in [1.54, 1.807) is 37.3 Å². The van der Waals surface area contributed by atoms with Gasteiger partial charge in [-0.3, -0.25) is 9.59 Å². The van der Waals surface area contributed by atoms with Crippen LogP contribution in [-0.2, 0) is 11.0 Å². The first-order chi connectivity index (χ1) is 17.5. The highest BCUT2D eigenvalue weighted by Crippen LogP contribution is 2.39. The Bertz CT molecular complexity index is 1300. The number of piperidine rings is 1. The molecule has 3 N–H and O–H groups in total. The van der Waals surface area contributed by atoms with Crippen molar-refractivity contribution in [1.29, 1.82) is 0 Å². The molecule has 4 rings (SSSR count). The Morgan fingerprint density at radius 3 is 2.35 bits per heavy atom. The van der Waals surface area contributed by atoms with Crippen LogP contribution in [0.15, 0.2) is 60.7 Å². The van der Waals surface area contributed by atoms with Gasteiger partial charge in [0.05, 0.1) is 23.1 Å². The SMILES string of the molecule is Cc1ccc(NC(=O)[C@H]2CCCN(C(=O)c3c(C)cccc3F)[C@H]2c2ccc(N)cc2)cc1C(F)(F)F. The van der Waals surface area contributed by atoms with E-state index in [2.05, 4.69) is 5.32 Å². The number of nitrogens with two attached hydrogens (primary N) is 1. The zero-order valence-corrected chi connectivity index (χ0v) is 20.4. The number of benzene rings is 3. The van der Waals surface area contributed by atoms with Crippen LogP contribution < -0.4 is 11.1 Å². The lowest BCUT2D eigenvalue weighted by Gasteiger charge is -2.41. The maximum absolute atomic E-state index is 14.7. The van der Waals surface area contributed by atoms with Gasteiger partial charge >= 0.3 is 6.18 Å². The van der Waals surface area contributed by atoms with Crippen LogP contribution in [0.5, 0.6) is 0 Å². The molecule has 0 aliphatic carbocycles. The molecular formula is C28H27F4N3O2. The smallest absolute Gasteiger partial charge is 0.399 e. The van der Waals surface area contributed by atoms with Crippen molar-refractivity contribution in [1.82, 2.24) is 4.90 Å². The second-order valence-electron chi connectivity index (χ2n) is 9.31. The topological polar surface area (TPSA) is 75.4 Å². The first-order valence-electron chi connectivity index (χ1n) is 11.9. The van der Waals surface area contributed by atoms with Crippen molar-refractivity contribution in [2.24, 2.45) is 5.92 Å². The fourth-order valence-corrected chi connectivity index (χ4v) is 4.89. The second-order valence-corrected chi connectivity index (χ2v) is 9.31. The van der Waals surface area contributed by atoms with Crippen molar-refractivity contribution in [2.75, 3.05) is 17.6 Å². The third-order valence-corrected chi connectivity index (χ3v) is 6.75. The summed E-state index contributed by atoms with van der Waals surface area (Å²) < 4.78 is 54.9. The van der Waals surface area contributed by atoms with E-state index in [0.29, 0.717) is 29.7 Å². The van der Waals surface area contributed by atoms with Crippen molar-refractivity contribution in [3.05, 3.63) is 94.3 Å². The molecule has 37 heavy (non-hydrogen) atoms. The number of hydrogen-bond acceptors (Lipinski definition) is 3. The Kier molecular flexibility index (Phi) is 7.25. The van der Waals surface area contributed by atoms with E-state index in [9.17, 15) is 27.2 Å². The van der Waals surface area contributed by atoms with Gasteiger partial charge in [0.2, 0.25) is 5.91 Å². The fourth-order valence-electron chi connectivity index (χ4n) is 4.89. The number of likely N-dealkylation sites (tertiary alicyclic amines) is 1. The standard InChI is InChI=1S/C28H27F4N3O2/c1-16-8-13-20(15-22(16)28(30,31)32)34-26(36)21-6-4-14-35(25(21)18-9-11-19(33)12-10-18)27(37)24-17(2)5-3-7-23(24)29/h3,5,7-13,15,21,25H,4,6,14,33H2,1-2H3,(H,34,36)/t21-,25-/m0/s1. The molecule has 0 bridgehead atoms. The molecule has 0 saturated carbocycles. The maximum Gasteiger partial charge on any atom is 0.416 e. The summed E-state index contributed by atoms with van der Waals surface area (Å²) in [5.41, 5.74) is 6.55. The molecule has 0 spiro atoms. The van der Waals surface area contributed by atoms with Crippen LogP contribution in [0.25, 0.3) is 0 Å². The second kappa shape index (κ2) is 10.2. The van der Waals surface area contributed by atoms with E-state index in [-0.39, 0.29) is 23.4 Å². The molecule has 0 unspecified atom stereocenters. The molecule has 2 amide bonds. The number of halogens is 4. The number of carbonyl (C=O) groups excluding carboxylic acids is 2. The minimum Gasteiger partial charge on any atom is -0.399 e. The van der Waals surface area contributed by atoms with Gasteiger partial charge in [0.1, 0.15) is 5.82 Å². The van der Waals surface area contributed by atoms with E-state index in [4.69, 9.17) is 5.73 Å². The summed E-state index contributed by atoms with van der Waals surface area (Å²) in [7, 11) is 0. The van der Waals surface area contributed by atoms with E-state index >= 15 is 0 Å². The average Bonchev–Trinajstić information content (AvgIpc) is 2.84. The van der Waals surface area contributed by atoms with Crippen LogP contribution >= 0.6 is 0 Å². The fraction of sp³-hybridized carbons (Fsp3) is 0.286. The molecule has 3 aromatic carbocycles. The van der Waals surface area contributed by atoms with Gasteiger partial charge in [-0.05, 0) is 73.7 Å². The summed E-state index contributed by atoms with van der Waals surface area (Å²) in [5.74, 6) is -2.53. The monoisotopic (exact) mass is 513 g/mol. The summed E-state index contributed by atoms with van der Waals surface area (Å²) in [6.45, 7) is 3.27. The van der Waals surface area contributed by atoms with E-state index in [1.165, 1.54) is 36.1 Å². The first kappa shape index (κ1) is 26.2. The van der Waals surface area contributed by atoms with Crippen molar-refractivity contribution in [3.63, 3.8) is 0 Å². The van der Waals surface area contributed by atoms with Crippen LogP contribution in [0.3, 0.4) is 0 Å². The number of nitrogens with zero attached hydrogens (tertiary/aromatic N) is 1. The lowest BCUT2D eigenvalue weighted by molar-refractivity contribution is -0.138. The Morgan fingerprint density at radius 1 is 1.00 bits per heavy atom. The number of amides is 2. The molecule has 2 atom stereocenters. The van der Waals surface area contributed by atoms with Crippen molar-refractivity contribution < 1.29 is 27.2 Å². The van der Waals surface area contributed by atoms with Gasteiger partial charge in [-0.2, -0.15) is 13.2 Å². The molecule has 1 aliphatic rings. The highest BCUT2D eigenvalue weighted by atomic mass is 19.4. The number of hydrogen-bond donors (Lipinski definition) is 2. The van der Waals surface area contributed by atoms with Gasteiger partial charge in [0.25, 0.3) is 5.91 Å². The number of rotatable bonds is 4. The van der Waals surface area contributed by atoms with E-state index in [0.717, 1.165) is 6.07 Å². The number of aryl methyl sites for hydroxylation is 2. The van der Waals surface area contributed by atoms with Crippen molar-refractivity contribution in [2.45, 2.75) is 38.9 Å². The molecule has 1 heterocycles. The molecule has 3 aromatic rings. The molecule has 5 nitrogen and oxygen atoms in total. The molecule has 9 heteroatoms. The van der Waals surface area contributed by atoms with Gasteiger partial charge in [-0.25, -0.2) is 4.39 Å². The van der Waals surface area contributed by atoms with Crippen LogP contribution in [0.2, 0.25) is 0 Å². The van der Waals surface area contributed by atoms with Crippen LogP contribution in [-0.4, -0.2) is 23.3 Å². The quantitative estimate of drug-likeness (QED) is 0.319. The number of nitrogens with one attached hydrogen (secondary N) is 1. The Morgan fingerprint density at radius 2 is 1.70 bits per heavy atom. The highest BCUT2D eigenvalue weighted by Gasteiger charge is 2.41. The molecule has 1 aliphatic heterocycles. The number of nitrogen functional groups attached to an aromatic ring is 1. The summed E-state index contributed by atoms with van der Waals surface area (Å²) in [4.78, 5) is 28.6. The first-order valence-corrected chi connectivity index (χ1v) is 11.9. The normalized spacial score (nSPS) is 17.9. The predicted molar refractivity (Wildman–Crippen MR) is 133 cm³/mol. The van der Waals surface area contributed by atoms with Crippen LogP contribution in [0, 0.1) is 25.6 Å². The largest absolute Gasteiger partial charge is 0.416 e. The number of alkyl halides is 3. The van der Waals surface area contributed by atoms with E-state index < -0.39 is 41.3 Å². The van der Waals surface area contributed by atoms with Gasteiger partial charge < -0.3 is 16.0 Å². The summed E-state index contributed by atoms with van der Waals surface area (Å²) >= 11 is 0. The summed E-state index contributed by atoms with van der Waals surface area (Å²) in [6.07, 6.45) is -3.72. The molecule has 0 radical (unpaired) electrons. The Labute approximate surface area is 212 Å². The average molecular weight is 514 g/mol. The third-order valence-electron chi connectivity index (χ3n) is 6.75. The van der Waals surface area contributed by atoms with Gasteiger partial charge in [-0.1, -0.05) is 30.3 Å². The number of anilines is 2. The summed E-state index contributed by atoms with van der Waals surface area (Å²) in [6, 6.07) is 13.9. The predicted octanol–water partition coefficient (Wildman–Crippen LogP) is 6.28. The molecule has 1 saturated heterocycles. The van der Waals surface area contributed by atoms with Gasteiger partial charge in [0, 0.05) is 17.9 Å². The molecule has 1 fully saturated rings. The third kappa shape index (κ3) is 5.45. The lowest BCUT2D eigenvalue weighted by atomic mass is 9.83. The Balaban J connectivity index is 1.71.